The molecule has 32 heavy (non-hydrogen) atoms. The first-order chi connectivity index (χ1) is 14.9. The van der Waals surface area contributed by atoms with Gasteiger partial charge in [-0.15, -0.1) is 0 Å². The van der Waals surface area contributed by atoms with Crippen LogP contribution in [0.2, 0.25) is 0 Å². The van der Waals surface area contributed by atoms with Crippen molar-refractivity contribution in [3.05, 3.63) is 65.1 Å². The zero-order chi connectivity index (χ0) is 23.7. The molecular formula is C21H20F4N2O4S. The largest absolute Gasteiger partial charge is 0.466 e. The van der Waals surface area contributed by atoms with Crippen LogP contribution < -0.4 is 4.72 Å². The van der Waals surface area contributed by atoms with Crippen LogP contribution in [-0.4, -0.2) is 32.2 Å². The van der Waals surface area contributed by atoms with Crippen molar-refractivity contribution in [3.8, 4) is 0 Å². The number of alkyl halides is 3. The van der Waals surface area contributed by atoms with Crippen molar-refractivity contribution in [2.24, 2.45) is 0 Å². The van der Waals surface area contributed by atoms with Crippen LogP contribution in [0.5, 0.6) is 0 Å². The molecule has 2 N–H and O–H groups in total. The Balaban J connectivity index is 2.13. The Bertz CT molecular complexity index is 1250. The summed E-state index contributed by atoms with van der Waals surface area (Å²) in [7, 11) is -3.58. The number of hydrogen-bond donors (Lipinski definition) is 2. The lowest BCUT2D eigenvalue weighted by Crippen LogP contribution is -2.13. The van der Waals surface area contributed by atoms with Gasteiger partial charge in [0, 0.05) is 17.5 Å². The summed E-state index contributed by atoms with van der Waals surface area (Å²) in [5, 5.41) is 0.522. The van der Waals surface area contributed by atoms with E-state index in [1.54, 1.807) is 19.1 Å². The van der Waals surface area contributed by atoms with Crippen molar-refractivity contribution in [1.29, 1.82) is 0 Å². The van der Waals surface area contributed by atoms with Crippen molar-refractivity contribution >= 4 is 32.6 Å². The van der Waals surface area contributed by atoms with Gasteiger partial charge in [0.1, 0.15) is 5.82 Å². The van der Waals surface area contributed by atoms with Crippen LogP contribution in [0.15, 0.2) is 42.6 Å². The molecule has 11 heteroatoms. The van der Waals surface area contributed by atoms with Crippen LogP contribution in [0, 0.1) is 5.82 Å². The number of ether oxygens (including phenoxy) is 1. The predicted octanol–water partition coefficient (Wildman–Crippen LogP) is 4.78. The van der Waals surface area contributed by atoms with Crippen molar-refractivity contribution in [2.45, 2.75) is 25.4 Å². The molecule has 0 bridgehead atoms. The van der Waals surface area contributed by atoms with Gasteiger partial charge in [-0.2, -0.15) is 13.2 Å². The number of hydrogen-bond acceptors (Lipinski definition) is 4. The van der Waals surface area contributed by atoms with Crippen LogP contribution in [-0.2, 0) is 25.7 Å². The van der Waals surface area contributed by atoms with Crippen LogP contribution >= 0.6 is 0 Å². The second-order valence-electron chi connectivity index (χ2n) is 7.15. The molecule has 6 nitrogen and oxygen atoms in total. The van der Waals surface area contributed by atoms with E-state index in [0.717, 1.165) is 18.4 Å². The Morgan fingerprint density at radius 1 is 1.22 bits per heavy atom. The summed E-state index contributed by atoms with van der Waals surface area (Å²) in [6, 6.07) is 7.28. The molecule has 0 saturated heterocycles. The molecule has 0 aliphatic rings. The maximum Gasteiger partial charge on any atom is 0.419 e. The number of esters is 1. The SMILES string of the molecule is CCOC(=O)CC(c1ccc(C(F)(F)F)c(F)c1)c1c[nH]c2c(NS(C)(=O)=O)cccc12. The molecule has 1 atom stereocenters. The van der Waals surface area contributed by atoms with Gasteiger partial charge < -0.3 is 9.72 Å². The number of rotatable bonds is 7. The van der Waals surface area contributed by atoms with Gasteiger partial charge in [0.15, 0.2) is 0 Å². The van der Waals surface area contributed by atoms with Gasteiger partial charge in [0.05, 0.1) is 36.1 Å². The monoisotopic (exact) mass is 472 g/mol. The summed E-state index contributed by atoms with van der Waals surface area (Å²) >= 11 is 0. The molecule has 1 unspecified atom stereocenters. The summed E-state index contributed by atoms with van der Waals surface area (Å²) < 4.78 is 83.9. The first-order valence-electron chi connectivity index (χ1n) is 9.50. The molecule has 0 fully saturated rings. The molecule has 0 saturated carbocycles. The van der Waals surface area contributed by atoms with Crippen molar-refractivity contribution in [1.82, 2.24) is 4.98 Å². The lowest BCUT2D eigenvalue weighted by molar-refractivity contribution is -0.143. The molecule has 172 valence electrons. The zero-order valence-corrected chi connectivity index (χ0v) is 17.9. The Kier molecular flexibility index (Phi) is 6.49. The van der Waals surface area contributed by atoms with Gasteiger partial charge in [-0.1, -0.05) is 18.2 Å². The number of sulfonamides is 1. The highest BCUT2D eigenvalue weighted by Gasteiger charge is 2.34. The molecule has 2 aromatic carbocycles. The number of nitrogens with one attached hydrogen (secondary N) is 2. The fourth-order valence-electron chi connectivity index (χ4n) is 3.52. The Morgan fingerprint density at radius 3 is 2.53 bits per heavy atom. The highest BCUT2D eigenvalue weighted by atomic mass is 32.2. The third-order valence-electron chi connectivity index (χ3n) is 4.80. The maximum atomic E-state index is 14.3. The Labute approximate surface area is 181 Å². The van der Waals surface area contributed by atoms with Crippen LogP contribution in [0.1, 0.15) is 36.0 Å². The number of aromatic nitrogens is 1. The molecule has 0 amide bonds. The molecule has 0 aliphatic heterocycles. The van der Waals surface area contributed by atoms with Crippen molar-refractivity contribution in [3.63, 3.8) is 0 Å². The minimum atomic E-state index is -4.85. The first-order valence-corrected chi connectivity index (χ1v) is 11.4. The second kappa shape index (κ2) is 8.81. The Morgan fingerprint density at radius 2 is 1.94 bits per heavy atom. The number of carbonyl (C=O) groups is 1. The number of fused-ring (bicyclic) bond motifs is 1. The second-order valence-corrected chi connectivity index (χ2v) is 8.89. The van der Waals surface area contributed by atoms with E-state index in [0.29, 0.717) is 22.5 Å². The minimum Gasteiger partial charge on any atom is -0.466 e. The normalized spacial score (nSPS) is 13.2. The van der Waals surface area contributed by atoms with Gasteiger partial charge in [0.2, 0.25) is 10.0 Å². The standard InChI is InChI=1S/C21H20F4N2O4S/c1-3-31-19(28)10-14(12-7-8-16(17(22)9-12)21(23,24)25)15-11-26-20-13(15)5-4-6-18(20)27-32(2,29)30/h4-9,11,14,26-27H,3,10H2,1-2H3. The molecule has 0 aliphatic carbocycles. The maximum absolute atomic E-state index is 14.3. The van der Waals surface area contributed by atoms with Crippen LogP contribution in [0.4, 0.5) is 23.2 Å². The van der Waals surface area contributed by atoms with E-state index in [1.165, 1.54) is 12.3 Å². The topological polar surface area (TPSA) is 88.3 Å². The highest BCUT2D eigenvalue weighted by Crippen LogP contribution is 2.38. The number of halogens is 4. The van der Waals surface area contributed by atoms with Crippen LogP contribution in [0.25, 0.3) is 10.9 Å². The lowest BCUT2D eigenvalue weighted by atomic mass is 9.87. The quantitative estimate of drug-likeness (QED) is 0.383. The fraction of sp³-hybridized carbons (Fsp3) is 0.286. The number of carbonyl (C=O) groups excluding carboxylic acids is 1. The van der Waals surface area contributed by atoms with Gasteiger partial charge in [-0.05, 0) is 36.2 Å². The number of aromatic amines is 1. The average molecular weight is 472 g/mol. The predicted molar refractivity (Wildman–Crippen MR) is 111 cm³/mol. The molecule has 0 radical (unpaired) electrons. The highest BCUT2D eigenvalue weighted by molar-refractivity contribution is 7.92. The first kappa shape index (κ1) is 23.6. The molecule has 1 aromatic heterocycles. The van der Waals surface area contributed by atoms with Gasteiger partial charge in [0.25, 0.3) is 0 Å². The summed E-state index contributed by atoms with van der Waals surface area (Å²) in [5.41, 5.74) is -0.121. The van der Waals surface area contributed by atoms with Gasteiger partial charge in [-0.25, -0.2) is 12.8 Å². The average Bonchev–Trinajstić information content (AvgIpc) is 3.09. The van der Waals surface area contributed by atoms with E-state index in [1.807, 2.05) is 0 Å². The number of anilines is 1. The number of benzene rings is 2. The number of para-hydroxylation sites is 1. The van der Waals surface area contributed by atoms with E-state index >= 15 is 0 Å². The van der Waals surface area contributed by atoms with Crippen molar-refractivity contribution in [2.75, 3.05) is 17.6 Å². The lowest BCUT2D eigenvalue weighted by Gasteiger charge is -2.18. The fourth-order valence-corrected chi connectivity index (χ4v) is 4.09. The van der Waals surface area contributed by atoms with E-state index < -0.39 is 39.5 Å². The third kappa shape index (κ3) is 5.21. The zero-order valence-electron chi connectivity index (χ0n) is 17.1. The summed E-state index contributed by atoms with van der Waals surface area (Å²) in [6.45, 7) is 1.71. The smallest absolute Gasteiger partial charge is 0.419 e. The van der Waals surface area contributed by atoms with E-state index in [-0.39, 0.29) is 24.3 Å². The van der Waals surface area contributed by atoms with E-state index in [2.05, 4.69) is 9.71 Å². The molecule has 3 rings (SSSR count). The number of H-pyrrole nitrogens is 1. The molecule has 0 spiro atoms. The van der Waals surface area contributed by atoms with Crippen LogP contribution in [0.3, 0.4) is 0 Å². The van der Waals surface area contributed by atoms with E-state index in [9.17, 15) is 30.8 Å². The van der Waals surface area contributed by atoms with Gasteiger partial charge in [-0.3, -0.25) is 9.52 Å². The molecule has 3 aromatic rings. The summed E-state index contributed by atoms with van der Waals surface area (Å²) in [5.74, 6) is -2.91. The molecular weight excluding hydrogens is 452 g/mol. The minimum absolute atomic E-state index is 0.100. The molecule has 1 heterocycles. The Hall–Kier alpha value is -3.08. The van der Waals surface area contributed by atoms with Gasteiger partial charge >= 0.3 is 12.1 Å². The third-order valence-corrected chi connectivity index (χ3v) is 5.39. The summed E-state index contributed by atoms with van der Waals surface area (Å²) in [4.78, 5) is 15.2. The summed E-state index contributed by atoms with van der Waals surface area (Å²) in [6.07, 6.45) is -2.61. The van der Waals surface area contributed by atoms with Crippen molar-refractivity contribution < 1.29 is 35.5 Å². The van der Waals surface area contributed by atoms with E-state index in [4.69, 9.17) is 4.74 Å².